The molecule has 0 bridgehead atoms. The first-order valence-corrected chi connectivity index (χ1v) is 15.6. The molecule has 0 radical (unpaired) electrons. The van der Waals surface area contributed by atoms with Crippen molar-refractivity contribution < 1.29 is 13.2 Å². The van der Waals surface area contributed by atoms with Gasteiger partial charge in [0.25, 0.3) is 10.0 Å². The second-order valence-corrected chi connectivity index (χ2v) is 12.6. The number of hydrogen-bond donors (Lipinski definition) is 0. The average Bonchev–Trinajstić information content (AvgIpc) is 3.34. The summed E-state index contributed by atoms with van der Waals surface area (Å²) in [6.45, 7) is 0. The van der Waals surface area contributed by atoms with E-state index in [0.717, 1.165) is 20.7 Å². The SMILES string of the molecule is O=C(c1ccccc1)[C@@H](Cc1c(Sc2ccccc2)c2ccccc2n1S(=O)(=O)c1ccccc1)c1ccccc1. The van der Waals surface area contributed by atoms with Gasteiger partial charge in [0, 0.05) is 27.2 Å². The van der Waals surface area contributed by atoms with Gasteiger partial charge in [-0.3, -0.25) is 4.79 Å². The lowest BCUT2D eigenvalue weighted by atomic mass is 9.87. The molecule has 0 aliphatic heterocycles. The van der Waals surface area contributed by atoms with Crippen molar-refractivity contribution in [2.24, 2.45) is 0 Å². The highest BCUT2D eigenvalue weighted by Crippen LogP contribution is 2.42. The van der Waals surface area contributed by atoms with Crippen molar-refractivity contribution in [3.63, 3.8) is 0 Å². The van der Waals surface area contributed by atoms with E-state index in [1.54, 1.807) is 30.3 Å². The fourth-order valence-electron chi connectivity index (χ4n) is 5.15. The standard InChI is InChI=1S/C35H27NO3S2/c37-34(27-17-7-2-8-18-27)31(26-15-5-1-6-16-26)25-33-35(40-28-19-9-3-10-20-28)30-23-13-14-24-32(30)36(33)41(38,39)29-21-11-4-12-22-29/h1-24,31H,25H2/t31-/m0/s1. The number of carbonyl (C=O) groups excluding carboxylic acids is 1. The number of Topliss-reactive ketones (excluding diaryl/α,β-unsaturated/α-hetero) is 1. The van der Waals surface area contributed by atoms with Crippen LogP contribution in [0.25, 0.3) is 10.9 Å². The fraction of sp³-hybridized carbons (Fsp3) is 0.0571. The maximum Gasteiger partial charge on any atom is 0.268 e. The van der Waals surface area contributed by atoms with Gasteiger partial charge in [-0.15, -0.1) is 0 Å². The van der Waals surface area contributed by atoms with Crippen molar-refractivity contribution in [1.29, 1.82) is 0 Å². The third-order valence-corrected chi connectivity index (χ3v) is 10.0. The van der Waals surface area contributed by atoms with Crippen LogP contribution in [0.4, 0.5) is 0 Å². The fourth-order valence-corrected chi connectivity index (χ4v) is 7.90. The van der Waals surface area contributed by atoms with Crippen molar-refractivity contribution in [2.45, 2.75) is 27.0 Å². The van der Waals surface area contributed by atoms with Crippen LogP contribution in [0.15, 0.2) is 160 Å². The Balaban J connectivity index is 1.61. The molecule has 0 saturated heterocycles. The van der Waals surface area contributed by atoms with Gasteiger partial charge in [-0.05, 0) is 35.9 Å². The molecule has 0 amide bonds. The van der Waals surface area contributed by atoms with Crippen LogP contribution >= 0.6 is 11.8 Å². The van der Waals surface area contributed by atoms with Crippen LogP contribution < -0.4 is 0 Å². The number of aromatic nitrogens is 1. The molecule has 5 aromatic carbocycles. The number of fused-ring (bicyclic) bond motifs is 1. The monoisotopic (exact) mass is 573 g/mol. The number of ketones is 1. The third kappa shape index (κ3) is 5.36. The van der Waals surface area contributed by atoms with Crippen molar-refractivity contribution in [3.05, 3.63) is 162 Å². The highest BCUT2D eigenvalue weighted by Gasteiger charge is 2.31. The van der Waals surface area contributed by atoms with E-state index >= 15 is 0 Å². The summed E-state index contributed by atoms with van der Waals surface area (Å²) >= 11 is 1.52. The molecule has 0 unspecified atom stereocenters. The number of para-hydroxylation sites is 1. The Hall–Kier alpha value is -4.39. The van der Waals surface area contributed by atoms with Gasteiger partial charge in [0.1, 0.15) is 0 Å². The molecule has 1 atom stereocenters. The zero-order valence-corrected chi connectivity index (χ0v) is 23.8. The highest BCUT2D eigenvalue weighted by atomic mass is 32.2. The van der Waals surface area contributed by atoms with E-state index < -0.39 is 15.9 Å². The van der Waals surface area contributed by atoms with E-state index in [1.165, 1.54) is 15.7 Å². The average molecular weight is 574 g/mol. The van der Waals surface area contributed by atoms with Gasteiger partial charge in [0.05, 0.1) is 22.0 Å². The van der Waals surface area contributed by atoms with Crippen LogP contribution in [0.2, 0.25) is 0 Å². The van der Waals surface area contributed by atoms with Crippen LogP contribution in [0, 0.1) is 0 Å². The molecule has 6 rings (SSSR count). The van der Waals surface area contributed by atoms with Gasteiger partial charge in [0.15, 0.2) is 5.78 Å². The number of nitrogens with zero attached hydrogens (tertiary/aromatic N) is 1. The molecule has 1 heterocycles. The summed E-state index contributed by atoms with van der Waals surface area (Å²) in [4.78, 5) is 16.1. The lowest BCUT2D eigenvalue weighted by molar-refractivity contribution is 0.0958. The zero-order valence-electron chi connectivity index (χ0n) is 22.1. The minimum Gasteiger partial charge on any atom is -0.293 e. The van der Waals surface area contributed by atoms with Crippen LogP contribution in [0.3, 0.4) is 0 Å². The van der Waals surface area contributed by atoms with Gasteiger partial charge >= 0.3 is 0 Å². The molecule has 0 N–H and O–H groups in total. The Morgan fingerprint density at radius 2 is 1.20 bits per heavy atom. The summed E-state index contributed by atoms with van der Waals surface area (Å²) in [6, 6.07) is 44.8. The molecule has 0 aliphatic carbocycles. The highest BCUT2D eigenvalue weighted by molar-refractivity contribution is 7.99. The summed E-state index contributed by atoms with van der Waals surface area (Å²) in [5, 5.41) is 0.829. The Morgan fingerprint density at radius 1 is 0.659 bits per heavy atom. The lowest BCUT2D eigenvalue weighted by Crippen LogP contribution is -2.21. The molecular formula is C35H27NO3S2. The zero-order chi connectivity index (χ0) is 28.2. The van der Waals surface area contributed by atoms with E-state index in [9.17, 15) is 13.2 Å². The predicted octanol–water partition coefficient (Wildman–Crippen LogP) is 8.24. The predicted molar refractivity (Wildman–Crippen MR) is 165 cm³/mol. The molecule has 0 spiro atoms. The molecule has 0 fully saturated rings. The number of rotatable bonds is 9. The topological polar surface area (TPSA) is 56.1 Å². The smallest absolute Gasteiger partial charge is 0.268 e. The number of benzene rings is 5. The van der Waals surface area contributed by atoms with E-state index in [-0.39, 0.29) is 17.1 Å². The minimum absolute atomic E-state index is 0.0543. The molecule has 6 aromatic rings. The van der Waals surface area contributed by atoms with Crippen LogP contribution in [0.5, 0.6) is 0 Å². The summed E-state index contributed by atoms with van der Waals surface area (Å²) < 4.78 is 30.2. The Bertz CT molecular complexity index is 1900. The lowest BCUT2D eigenvalue weighted by Gasteiger charge is -2.20. The van der Waals surface area contributed by atoms with Gasteiger partial charge in [-0.2, -0.15) is 0 Å². The van der Waals surface area contributed by atoms with E-state index in [1.807, 2.05) is 115 Å². The van der Waals surface area contributed by atoms with Crippen LogP contribution in [0.1, 0.15) is 27.5 Å². The molecule has 0 saturated carbocycles. The summed E-state index contributed by atoms with van der Waals surface area (Å²) in [5.74, 6) is -0.649. The normalized spacial score (nSPS) is 12.3. The van der Waals surface area contributed by atoms with Gasteiger partial charge in [0.2, 0.25) is 0 Å². The summed E-state index contributed by atoms with van der Waals surface area (Å²) in [7, 11) is -3.99. The Labute approximate surface area is 244 Å². The molecule has 6 heteroatoms. The largest absolute Gasteiger partial charge is 0.293 e. The molecule has 4 nitrogen and oxygen atoms in total. The van der Waals surface area contributed by atoms with Crippen LogP contribution in [-0.4, -0.2) is 18.2 Å². The first kappa shape index (κ1) is 26.8. The molecule has 202 valence electrons. The summed E-state index contributed by atoms with van der Waals surface area (Å²) in [6.07, 6.45) is 0.202. The van der Waals surface area contributed by atoms with Crippen molar-refractivity contribution in [1.82, 2.24) is 3.97 Å². The van der Waals surface area contributed by atoms with Gasteiger partial charge < -0.3 is 0 Å². The van der Waals surface area contributed by atoms with Crippen molar-refractivity contribution in [3.8, 4) is 0 Å². The molecule has 0 aliphatic rings. The maximum absolute atomic E-state index is 14.4. The first-order chi connectivity index (χ1) is 20.0. The Morgan fingerprint density at radius 3 is 1.85 bits per heavy atom. The van der Waals surface area contributed by atoms with E-state index in [0.29, 0.717) is 16.8 Å². The third-order valence-electron chi connectivity index (χ3n) is 7.09. The van der Waals surface area contributed by atoms with E-state index in [4.69, 9.17) is 0 Å². The first-order valence-electron chi connectivity index (χ1n) is 13.3. The number of hydrogen-bond acceptors (Lipinski definition) is 4. The molecule has 1 aromatic heterocycles. The molecule has 41 heavy (non-hydrogen) atoms. The quantitative estimate of drug-likeness (QED) is 0.164. The van der Waals surface area contributed by atoms with Gasteiger partial charge in [-0.25, -0.2) is 12.4 Å². The van der Waals surface area contributed by atoms with Crippen molar-refractivity contribution >= 4 is 38.5 Å². The second-order valence-electron chi connectivity index (χ2n) is 9.69. The van der Waals surface area contributed by atoms with Crippen molar-refractivity contribution in [2.75, 3.05) is 0 Å². The van der Waals surface area contributed by atoms with Gasteiger partial charge in [-0.1, -0.05) is 127 Å². The minimum atomic E-state index is -3.99. The van der Waals surface area contributed by atoms with E-state index in [2.05, 4.69) is 0 Å². The van der Waals surface area contributed by atoms with Crippen LogP contribution in [-0.2, 0) is 16.4 Å². The molecular weight excluding hydrogens is 547 g/mol. The number of carbonyl (C=O) groups is 1. The maximum atomic E-state index is 14.4. The summed E-state index contributed by atoms with van der Waals surface area (Å²) in [5.41, 5.74) is 2.60. The Kier molecular flexibility index (Phi) is 7.59. The second kappa shape index (κ2) is 11.6.